The average Bonchev–Trinajstić information content (AvgIpc) is 2.52. The second-order valence-corrected chi connectivity index (χ2v) is 5.86. The van der Waals surface area contributed by atoms with Crippen LogP contribution >= 0.6 is 11.3 Å². The lowest BCUT2D eigenvalue weighted by Gasteiger charge is -1.99. The maximum Gasteiger partial charge on any atom is 0.155 e. The lowest BCUT2D eigenvalue weighted by atomic mass is 10.5. The van der Waals surface area contributed by atoms with Gasteiger partial charge in [-0.15, -0.1) is 11.3 Å². The number of sulfone groups is 1. The van der Waals surface area contributed by atoms with E-state index in [1.807, 2.05) is 0 Å². The summed E-state index contributed by atoms with van der Waals surface area (Å²) in [5.74, 6) is 0.263. The summed E-state index contributed by atoms with van der Waals surface area (Å²) in [6.07, 6.45) is 2.12. The van der Waals surface area contributed by atoms with Gasteiger partial charge >= 0.3 is 0 Å². The molecule has 74 valence electrons. The zero-order valence-electron chi connectivity index (χ0n) is 7.14. The molecule has 0 bridgehead atoms. The van der Waals surface area contributed by atoms with Crippen LogP contribution < -0.4 is 5.73 Å². The molecule has 13 heavy (non-hydrogen) atoms. The van der Waals surface area contributed by atoms with Gasteiger partial charge < -0.3 is 5.73 Å². The normalized spacial score (nSPS) is 11.8. The smallest absolute Gasteiger partial charge is 0.155 e. The Kier molecular flexibility index (Phi) is 3.83. The average molecular weight is 220 g/mol. The lowest BCUT2D eigenvalue weighted by molar-refractivity contribution is 0.593. The predicted molar refractivity (Wildman–Crippen MR) is 53.3 cm³/mol. The van der Waals surface area contributed by atoms with Crippen molar-refractivity contribution in [1.82, 2.24) is 4.98 Å². The van der Waals surface area contributed by atoms with Crippen LogP contribution in [0.25, 0.3) is 0 Å². The third-order valence-electron chi connectivity index (χ3n) is 1.51. The summed E-state index contributed by atoms with van der Waals surface area (Å²) in [6, 6.07) is 0. The third-order valence-corrected chi connectivity index (χ3v) is 4.13. The van der Waals surface area contributed by atoms with Crippen molar-refractivity contribution in [2.24, 2.45) is 5.73 Å². The largest absolute Gasteiger partial charge is 0.330 e. The van der Waals surface area contributed by atoms with E-state index < -0.39 is 9.84 Å². The lowest BCUT2D eigenvalue weighted by Crippen LogP contribution is -2.12. The predicted octanol–water partition coefficient (Wildman–Crippen LogP) is 0.407. The highest BCUT2D eigenvalue weighted by Crippen LogP contribution is 2.11. The second kappa shape index (κ2) is 4.69. The van der Waals surface area contributed by atoms with Crippen molar-refractivity contribution in [1.29, 1.82) is 0 Å². The minimum Gasteiger partial charge on any atom is -0.330 e. The number of hydrogen-bond donors (Lipinski definition) is 1. The first-order chi connectivity index (χ1) is 6.14. The van der Waals surface area contributed by atoms with E-state index in [1.54, 1.807) is 11.7 Å². The molecule has 0 aromatic carbocycles. The van der Waals surface area contributed by atoms with E-state index >= 15 is 0 Å². The number of nitrogens with two attached hydrogens (primary N) is 1. The van der Waals surface area contributed by atoms with Crippen molar-refractivity contribution in [3.8, 4) is 0 Å². The Balaban J connectivity index is 2.53. The van der Waals surface area contributed by atoms with Crippen LogP contribution in [0.3, 0.4) is 0 Å². The van der Waals surface area contributed by atoms with Gasteiger partial charge in [-0.3, -0.25) is 4.98 Å². The minimum atomic E-state index is -2.98. The van der Waals surface area contributed by atoms with Gasteiger partial charge in [0.05, 0.1) is 17.0 Å². The van der Waals surface area contributed by atoms with Crippen LogP contribution in [0, 0.1) is 0 Å². The van der Waals surface area contributed by atoms with Crippen molar-refractivity contribution < 1.29 is 8.42 Å². The van der Waals surface area contributed by atoms with E-state index in [2.05, 4.69) is 4.98 Å². The Bertz CT molecular complexity index is 331. The summed E-state index contributed by atoms with van der Waals surface area (Å²) in [5.41, 5.74) is 6.87. The summed E-state index contributed by atoms with van der Waals surface area (Å²) in [5, 5.41) is 0. The van der Waals surface area contributed by atoms with E-state index in [9.17, 15) is 8.42 Å². The van der Waals surface area contributed by atoms with Gasteiger partial charge in [0.25, 0.3) is 0 Å². The molecule has 0 atom stereocenters. The van der Waals surface area contributed by atoms with Crippen LogP contribution in [0.15, 0.2) is 11.7 Å². The number of nitrogens with zero attached hydrogens (tertiary/aromatic N) is 1. The highest BCUT2D eigenvalue weighted by atomic mass is 32.2. The van der Waals surface area contributed by atoms with Gasteiger partial charge in [0.1, 0.15) is 0 Å². The van der Waals surface area contributed by atoms with E-state index in [0.29, 0.717) is 13.0 Å². The molecule has 0 amide bonds. The molecule has 1 aromatic rings. The Hall–Kier alpha value is -0.460. The fourth-order valence-electron chi connectivity index (χ4n) is 0.906. The quantitative estimate of drug-likeness (QED) is 0.780. The molecular weight excluding hydrogens is 208 g/mol. The molecule has 0 saturated heterocycles. The van der Waals surface area contributed by atoms with Crippen molar-refractivity contribution in [2.75, 3.05) is 12.3 Å². The van der Waals surface area contributed by atoms with E-state index in [4.69, 9.17) is 5.73 Å². The minimum absolute atomic E-state index is 0.0949. The molecule has 0 radical (unpaired) electrons. The van der Waals surface area contributed by atoms with Crippen LogP contribution in [0.1, 0.15) is 11.3 Å². The first-order valence-electron chi connectivity index (χ1n) is 3.92. The molecular formula is C7H12N2O2S2. The van der Waals surface area contributed by atoms with Crippen LogP contribution in [0.2, 0.25) is 0 Å². The van der Waals surface area contributed by atoms with Crippen molar-refractivity contribution in [3.05, 3.63) is 16.6 Å². The van der Waals surface area contributed by atoms with Crippen molar-refractivity contribution >= 4 is 21.2 Å². The van der Waals surface area contributed by atoms with Gasteiger partial charge in [0, 0.05) is 11.1 Å². The molecule has 0 aliphatic heterocycles. The Morgan fingerprint density at radius 1 is 1.54 bits per heavy atom. The van der Waals surface area contributed by atoms with Gasteiger partial charge in [0.2, 0.25) is 0 Å². The van der Waals surface area contributed by atoms with E-state index in [1.165, 1.54) is 11.3 Å². The Morgan fingerprint density at radius 3 is 2.85 bits per heavy atom. The topological polar surface area (TPSA) is 73.1 Å². The Labute approximate surface area is 81.7 Å². The van der Waals surface area contributed by atoms with E-state index in [-0.39, 0.29) is 11.5 Å². The summed E-state index contributed by atoms with van der Waals surface area (Å²) < 4.78 is 22.8. The van der Waals surface area contributed by atoms with Gasteiger partial charge in [0.15, 0.2) is 9.84 Å². The van der Waals surface area contributed by atoms with Crippen LogP contribution in [-0.2, 0) is 15.6 Å². The summed E-state index contributed by atoms with van der Waals surface area (Å²) >= 11 is 1.36. The molecule has 1 heterocycles. The maximum atomic E-state index is 11.4. The molecule has 1 rings (SSSR count). The van der Waals surface area contributed by atoms with Gasteiger partial charge in [-0.2, -0.15) is 0 Å². The fraction of sp³-hybridized carbons (Fsp3) is 0.571. The maximum absolute atomic E-state index is 11.4. The number of hydrogen-bond acceptors (Lipinski definition) is 5. The molecule has 4 nitrogen and oxygen atoms in total. The summed E-state index contributed by atoms with van der Waals surface area (Å²) in [6.45, 7) is 0.419. The summed E-state index contributed by atoms with van der Waals surface area (Å²) in [4.78, 5) is 4.60. The van der Waals surface area contributed by atoms with E-state index in [0.717, 1.165) is 4.88 Å². The molecule has 2 N–H and O–H groups in total. The first-order valence-corrected chi connectivity index (χ1v) is 6.62. The molecule has 0 spiro atoms. The molecule has 1 aromatic heterocycles. The molecule has 0 unspecified atom stereocenters. The second-order valence-electron chi connectivity index (χ2n) is 2.70. The zero-order valence-corrected chi connectivity index (χ0v) is 8.77. The first kappa shape index (κ1) is 10.6. The van der Waals surface area contributed by atoms with Gasteiger partial charge in [-0.1, -0.05) is 0 Å². The molecule has 6 heteroatoms. The van der Waals surface area contributed by atoms with Gasteiger partial charge in [-0.05, 0) is 13.0 Å². The zero-order chi connectivity index (χ0) is 9.73. The molecule has 0 saturated carbocycles. The number of aromatic nitrogens is 1. The van der Waals surface area contributed by atoms with Crippen LogP contribution in [0.4, 0.5) is 0 Å². The van der Waals surface area contributed by atoms with Crippen molar-refractivity contribution in [3.63, 3.8) is 0 Å². The molecule has 0 fully saturated rings. The number of thiazole rings is 1. The molecule has 0 aliphatic rings. The van der Waals surface area contributed by atoms with Gasteiger partial charge in [-0.25, -0.2) is 8.42 Å². The highest BCUT2D eigenvalue weighted by molar-refractivity contribution is 7.90. The highest BCUT2D eigenvalue weighted by Gasteiger charge is 2.11. The number of rotatable bonds is 5. The fourth-order valence-corrected chi connectivity index (χ4v) is 3.35. The Morgan fingerprint density at radius 2 is 2.31 bits per heavy atom. The van der Waals surface area contributed by atoms with Crippen molar-refractivity contribution in [2.45, 2.75) is 12.2 Å². The SMILES string of the molecule is NCCCS(=O)(=O)Cc1cncs1. The standard InChI is InChI=1S/C7H12N2O2S2/c8-2-1-3-13(10,11)5-7-4-9-6-12-7/h4,6H,1-3,5,8H2. The third kappa shape index (κ3) is 3.84. The van der Waals surface area contributed by atoms with Crippen LogP contribution in [-0.4, -0.2) is 25.7 Å². The molecule has 0 aliphatic carbocycles. The van der Waals surface area contributed by atoms with Crippen LogP contribution in [0.5, 0.6) is 0 Å². The summed E-state index contributed by atoms with van der Waals surface area (Å²) in [7, 11) is -2.98. The monoisotopic (exact) mass is 220 g/mol.